The number of aliphatic hydroxyl groups is 1. The van der Waals surface area contributed by atoms with Crippen LogP contribution >= 0.6 is 0 Å². The number of nitrogens with zero attached hydrogens (tertiary/aromatic N) is 1. The number of rotatable bonds is 2. The zero-order valence-electron chi connectivity index (χ0n) is 8.07. The van der Waals surface area contributed by atoms with Gasteiger partial charge in [0.2, 0.25) is 5.91 Å². The average Bonchev–Trinajstić information content (AvgIpc) is 2.44. The highest BCUT2D eigenvalue weighted by molar-refractivity contribution is 5.84. The molecule has 2 atom stereocenters. The number of hydrogen-bond acceptors (Lipinski definition) is 3. The molecule has 1 fully saturated rings. The monoisotopic (exact) mass is 241 g/mol. The molecule has 0 aromatic rings. The molecule has 8 heteroatoms. The second-order valence-corrected chi connectivity index (χ2v) is 3.58. The average molecular weight is 241 g/mol. The molecule has 0 bridgehead atoms. The predicted octanol–water partition coefficient (Wildman–Crippen LogP) is -0.0148. The van der Waals surface area contributed by atoms with Gasteiger partial charge in [-0.3, -0.25) is 4.79 Å². The molecule has 1 rings (SSSR count). The molecule has 1 amide bonds. The van der Waals surface area contributed by atoms with Gasteiger partial charge in [0.15, 0.2) is 0 Å². The van der Waals surface area contributed by atoms with Crippen LogP contribution < -0.4 is 0 Å². The van der Waals surface area contributed by atoms with E-state index in [2.05, 4.69) is 0 Å². The van der Waals surface area contributed by atoms with Crippen LogP contribution in [0.4, 0.5) is 13.2 Å². The van der Waals surface area contributed by atoms with Crippen molar-refractivity contribution in [3.05, 3.63) is 0 Å². The number of β-amino-alcohol motifs (C(OH)–C–C–N with tert-alkyl or cyclic N) is 1. The lowest BCUT2D eigenvalue weighted by atomic mass is 10.2. The maximum Gasteiger partial charge on any atom is 0.397 e. The topological polar surface area (TPSA) is 77.8 Å². The van der Waals surface area contributed by atoms with Crippen LogP contribution in [-0.2, 0) is 9.59 Å². The Morgan fingerprint density at radius 1 is 1.38 bits per heavy atom. The van der Waals surface area contributed by atoms with E-state index in [0.717, 1.165) is 0 Å². The Kier molecular flexibility index (Phi) is 3.41. The minimum absolute atomic E-state index is 0.237. The first-order valence-corrected chi connectivity index (χ1v) is 4.48. The number of alkyl halides is 3. The highest BCUT2D eigenvalue weighted by atomic mass is 19.4. The number of aliphatic hydroxyl groups excluding tert-OH is 1. The zero-order chi connectivity index (χ0) is 12.5. The van der Waals surface area contributed by atoms with Gasteiger partial charge in [0, 0.05) is 13.0 Å². The number of carbonyl (C=O) groups is 2. The highest BCUT2D eigenvalue weighted by Gasteiger charge is 2.42. The molecule has 0 unspecified atom stereocenters. The fourth-order valence-electron chi connectivity index (χ4n) is 1.60. The van der Waals surface area contributed by atoms with Gasteiger partial charge in [0.25, 0.3) is 0 Å². The minimum Gasteiger partial charge on any atom is -0.480 e. The number of halogens is 3. The largest absolute Gasteiger partial charge is 0.480 e. The molecule has 1 heterocycles. The summed E-state index contributed by atoms with van der Waals surface area (Å²) in [5, 5.41) is 17.8. The quantitative estimate of drug-likeness (QED) is 0.712. The normalized spacial score (nSPS) is 25.9. The van der Waals surface area contributed by atoms with Gasteiger partial charge in [0.1, 0.15) is 12.5 Å². The first-order chi connectivity index (χ1) is 7.20. The summed E-state index contributed by atoms with van der Waals surface area (Å²) in [4.78, 5) is 22.4. The lowest BCUT2D eigenvalue weighted by molar-refractivity contribution is -0.165. The second-order valence-electron chi connectivity index (χ2n) is 3.58. The van der Waals surface area contributed by atoms with Crippen molar-refractivity contribution in [3.8, 4) is 0 Å². The Labute approximate surface area is 88.5 Å². The maximum atomic E-state index is 11.9. The highest BCUT2D eigenvalue weighted by Crippen LogP contribution is 2.25. The van der Waals surface area contributed by atoms with Crippen LogP contribution in [0.1, 0.15) is 12.8 Å². The summed E-state index contributed by atoms with van der Waals surface area (Å²) in [7, 11) is 0. The number of amides is 1. The van der Waals surface area contributed by atoms with Crippen molar-refractivity contribution in [1.29, 1.82) is 0 Å². The van der Waals surface area contributed by atoms with Crippen LogP contribution in [0.25, 0.3) is 0 Å². The molecular weight excluding hydrogens is 231 g/mol. The molecule has 0 aromatic carbocycles. The standard InChI is InChI=1S/C8H10F3NO4/c9-8(10,11)2-6(14)12-3-4(13)1-5(12)7(15)16/h4-5,13H,1-3H2,(H,15,16)/t4-,5+/m1/s1. The molecule has 1 saturated heterocycles. The Balaban J connectivity index is 2.71. The number of carboxylic acids is 1. The number of hydrogen-bond donors (Lipinski definition) is 2. The summed E-state index contributed by atoms with van der Waals surface area (Å²) < 4.78 is 35.8. The lowest BCUT2D eigenvalue weighted by Gasteiger charge is -2.21. The Morgan fingerprint density at radius 2 is 1.94 bits per heavy atom. The summed E-state index contributed by atoms with van der Waals surface area (Å²) in [5.74, 6) is -2.73. The maximum absolute atomic E-state index is 11.9. The van der Waals surface area contributed by atoms with Crippen LogP contribution in [-0.4, -0.2) is 51.9 Å². The molecule has 1 aliphatic rings. The van der Waals surface area contributed by atoms with E-state index < -0.39 is 36.6 Å². The summed E-state index contributed by atoms with van der Waals surface area (Å²) in [6, 6.07) is -1.37. The smallest absolute Gasteiger partial charge is 0.397 e. The molecule has 0 aromatic heterocycles. The summed E-state index contributed by atoms with van der Waals surface area (Å²) in [6.45, 7) is -0.369. The van der Waals surface area contributed by atoms with E-state index in [0.29, 0.717) is 4.90 Å². The molecule has 0 spiro atoms. The van der Waals surface area contributed by atoms with Crippen LogP contribution in [0.2, 0.25) is 0 Å². The van der Waals surface area contributed by atoms with Crippen LogP contribution in [0.5, 0.6) is 0 Å². The molecule has 92 valence electrons. The third-order valence-corrected chi connectivity index (χ3v) is 2.24. The zero-order valence-corrected chi connectivity index (χ0v) is 8.07. The van der Waals surface area contributed by atoms with Gasteiger partial charge in [-0.2, -0.15) is 13.2 Å². The van der Waals surface area contributed by atoms with Crippen molar-refractivity contribution in [2.75, 3.05) is 6.54 Å². The van der Waals surface area contributed by atoms with E-state index in [1.54, 1.807) is 0 Å². The molecule has 0 radical (unpaired) electrons. The summed E-state index contributed by atoms with van der Waals surface area (Å²) in [6.07, 6.45) is -7.70. The molecule has 1 aliphatic heterocycles. The fourth-order valence-corrected chi connectivity index (χ4v) is 1.60. The van der Waals surface area contributed by atoms with Gasteiger partial charge in [-0.1, -0.05) is 0 Å². The first kappa shape index (κ1) is 12.8. The Morgan fingerprint density at radius 3 is 2.38 bits per heavy atom. The minimum atomic E-state index is -4.67. The van der Waals surface area contributed by atoms with Crippen molar-refractivity contribution < 1.29 is 33.0 Å². The first-order valence-electron chi connectivity index (χ1n) is 4.48. The molecule has 16 heavy (non-hydrogen) atoms. The van der Waals surface area contributed by atoms with Crippen LogP contribution in [0.15, 0.2) is 0 Å². The van der Waals surface area contributed by atoms with Crippen molar-refractivity contribution in [2.45, 2.75) is 31.2 Å². The van der Waals surface area contributed by atoms with Crippen molar-refractivity contribution in [1.82, 2.24) is 4.90 Å². The molecular formula is C8H10F3NO4. The molecule has 5 nitrogen and oxygen atoms in total. The number of carbonyl (C=O) groups excluding carboxylic acids is 1. The van der Waals surface area contributed by atoms with Crippen LogP contribution in [0.3, 0.4) is 0 Å². The Bertz CT molecular complexity index is 304. The molecule has 0 saturated carbocycles. The van der Waals surface area contributed by atoms with E-state index in [1.807, 2.05) is 0 Å². The van der Waals surface area contributed by atoms with Gasteiger partial charge in [-0.05, 0) is 0 Å². The van der Waals surface area contributed by atoms with Gasteiger partial charge >= 0.3 is 12.1 Å². The van der Waals surface area contributed by atoms with Crippen molar-refractivity contribution in [3.63, 3.8) is 0 Å². The van der Waals surface area contributed by atoms with Crippen molar-refractivity contribution >= 4 is 11.9 Å². The van der Waals surface area contributed by atoms with Gasteiger partial charge in [-0.15, -0.1) is 0 Å². The van der Waals surface area contributed by atoms with Crippen LogP contribution in [0, 0.1) is 0 Å². The van der Waals surface area contributed by atoms with Gasteiger partial charge in [0.05, 0.1) is 6.10 Å². The predicted molar refractivity (Wildman–Crippen MR) is 44.4 cm³/mol. The SMILES string of the molecule is O=C(O)[C@@H]1C[C@@H](O)CN1C(=O)CC(F)(F)F. The van der Waals surface area contributed by atoms with E-state index >= 15 is 0 Å². The molecule has 2 N–H and O–H groups in total. The third kappa shape index (κ3) is 3.09. The number of carboxylic acid groups (broad SMARTS) is 1. The third-order valence-electron chi connectivity index (χ3n) is 2.24. The number of aliphatic carboxylic acids is 1. The molecule has 0 aliphatic carbocycles. The van der Waals surface area contributed by atoms with Gasteiger partial charge < -0.3 is 15.1 Å². The van der Waals surface area contributed by atoms with E-state index in [1.165, 1.54) is 0 Å². The Hall–Kier alpha value is -1.31. The van der Waals surface area contributed by atoms with E-state index in [-0.39, 0.29) is 13.0 Å². The summed E-state index contributed by atoms with van der Waals surface area (Å²) in [5.41, 5.74) is 0. The lowest BCUT2D eigenvalue weighted by Crippen LogP contribution is -2.42. The van der Waals surface area contributed by atoms with Crippen molar-refractivity contribution in [2.24, 2.45) is 0 Å². The fraction of sp³-hybridized carbons (Fsp3) is 0.750. The van der Waals surface area contributed by atoms with E-state index in [9.17, 15) is 22.8 Å². The summed E-state index contributed by atoms with van der Waals surface area (Å²) >= 11 is 0. The second kappa shape index (κ2) is 4.28. The van der Waals surface area contributed by atoms with E-state index in [4.69, 9.17) is 10.2 Å². The van der Waals surface area contributed by atoms with Gasteiger partial charge in [-0.25, -0.2) is 4.79 Å². The number of likely N-dealkylation sites (tertiary alicyclic amines) is 1.